The summed E-state index contributed by atoms with van der Waals surface area (Å²) in [6.45, 7) is 3.91. The van der Waals surface area contributed by atoms with Gasteiger partial charge in [0.15, 0.2) is 0 Å². The zero-order chi connectivity index (χ0) is 13.1. The minimum Gasteiger partial charge on any atom is -0.491 e. The van der Waals surface area contributed by atoms with Crippen LogP contribution < -0.4 is 4.74 Å². The van der Waals surface area contributed by atoms with Gasteiger partial charge in [0, 0.05) is 5.56 Å². The number of aliphatic hydroxyl groups excluding tert-OH is 1. The van der Waals surface area contributed by atoms with E-state index in [0.717, 1.165) is 17.1 Å². The van der Waals surface area contributed by atoms with Crippen molar-refractivity contribution in [3.63, 3.8) is 0 Å². The van der Waals surface area contributed by atoms with E-state index in [4.69, 9.17) is 9.84 Å². The van der Waals surface area contributed by atoms with Gasteiger partial charge in [0.05, 0.1) is 18.4 Å². The highest BCUT2D eigenvalue weighted by Crippen LogP contribution is 2.24. The Kier molecular flexibility index (Phi) is 4.04. The molecule has 0 spiro atoms. The molecule has 2 N–H and O–H groups in total. The topological polar surface area (TPSA) is 58.1 Å². The molecule has 2 rings (SSSR count). The van der Waals surface area contributed by atoms with E-state index < -0.39 is 0 Å². The fourth-order valence-electron chi connectivity index (χ4n) is 1.59. The van der Waals surface area contributed by atoms with Crippen LogP contribution in [0.3, 0.4) is 0 Å². The lowest BCUT2D eigenvalue weighted by atomic mass is 10.2. The number of aromatic nitrogens is 2. The van der Waals surface area contributed by atoms with Crippen LogP contribution in [0.1, 0.15) is 19.5 Å². The first-order valence-corrected chi connectivity index (χ1v) is 6.51. The minimum absolute atomic E-state index is 0.0673. The van der Waals surface area contributed by atoms with Crippen LogP contribution in [0, 0.1) is 0 Å². The maximum atomic E-state index is 9.10. The molecule has 0 radical (unpaired) electrons. The summed E-state index contributed by atoms with van der Waals surface area (Å²) in [5.74, 6) is 1.56. The number of nitrogens with zero attached hydrogens (tertiary/aromatic N) is 1. The molecule has 18 heavy (non-hydrogen) atoms. The summed E-state index contributed by atoms with van der Waals surface area (Å²) < 4.78 is 6.22. The van der Waals surface area contributed by atoms with E-state index >= 15 is 0 Å². The Hall–Kier alpha value is -1.33. The fourth-order valence-corrected chi connectivity index (χ4v) is 1.99. The van der Waals surface area contributed by atoms with Crippen molar-refractivity contribution in [3.8, 4) is 17.1 Å². The second kappa shape index (κ2) is 5.54. The van der Waals surface area contributed by atoms with Gasteiger partial charge in [0.2, 0.25) is 0 Å². The van der Waals surface area contributed by atoms with Gasteiger partial charge < -0.3 is 14.8 Å². The second-order valence-electron chi connectivity index (χ2n) is 4.20. The number of halogens is 1. The average Bonchev–Trinajstić information content (AvgIpc) is 2.71. The number of hydrogen-bond donors (Lipinski definition) is 2. The van der Waals surface area contributed by atoms with E-state index in [0.29, 0.717) is 10.3 Å². The first kappa shape index (κ1) is 13.1. The van der Waals surface area contributed by atoms with Crippen LogP contribution in [0.2, 0.25) is 0 Å². The predicted molar refractivity (Wildman–Crippen MR) is 73.4 cm³/mol. The Bertz CT molecular complexity index is 520. The highest BCUT2D eigenvalue weighted by atomic mass is 79.9. The summed E-state index contributed by atoms with van der Waals surface area (Å²) in [4.78, 5) is 7.36. The van der Waals surface area contributed by atoms with Crippen molar-refractivity contribution in [2.45, 2.75) is 26.6 Å². The third kappa shape index (κ3) is 2.91. The lowest BCUT2D eigenvalue weighted by Crippen LogP contribution is -2.05. The third-order valence-electron chi connectivity index (χ3n) is 2.39. The standard InChI is InChI=1S/C13H15BrN2O2/c1-8(2)18-10-5-3-9(4-6-10)13-15-11(7-17)12(14)16-13/h3-6,8,17H,7H2,1-2H3,(H,15,16). The van der Waals surface area contributed by atoms with Gasteiger partial charge in [-0.3, -0.25) is 0 Å². The maximum absolute atomic E-state index is 9.10. The van der Waals surface area contributed by atoms with Gasteiger partial charge in [-0.25, -0.2) is 4.98 Å². The summed E-state index contributed by atoms with van der Waals surface area (Å²) in [6, 6.07) is 7.68. The van der Waals surface area contributed by atoms with Gasteiger partial charge in [0.25, 0.3) is 0 Å². The minimum atomic E-state index is -0.0673. The monoisotopic (exact) mass is 310 g/mol. The van der Waals surface area contributed by atoms with Crippen LogP contribution in [0.25, 0.3) is 11.4 Å². The van der Waals surface area contributed by atoms with Crippen molar-refractivity contribution in [2.24, 2.45) is 0 Å². The van der Waals surface area contributed by atoms with E-state index in [-0.39, 0.29) is 12.7 Å². The summed E-state index contributed by atoms with van der Waals surface area (Å²) in [7, 11) is 0. The molecular weight excluding hydrogens is 296 g/mol. The summed E-state index contributed by atoms with van der Waals surface area (Å²) in [5, 5.41) is 9.10. The van der Waals surface area contributed by atoms with E-state index in [1.165, 1.54) is 0 Å². The molecule has 1 heterocycles. The molecule has 0 unspecified atom stereocenters. The normalized spacial score (nSPS) is 10.9. The predicted octanol–water partition coefficient (Wildman–Crippen LogP) is 3.12. The number of ether oxygens (including phenoxy) is 1. The van der Waals surface area contributed by atoms with Gasteiger partial charge in [-0.2, -0.15) is 0 Å². The largest absolute Gasteiger partial charge is 0.491 e. The van der Waals surface area contributed by atoms with Crippen LogP contribution in [0.15, 0.2) is 28.9 Å². The van der Waals surface area contributed by atoms with Crippen molar-refractivity contribution in [2.75, 3.05) is 0 Å². The molecule has 5 heteroatoms. The Balaban J connectivity index is 2.22. The van der Waals surface area contributed by atoms with Gasteiger partial charge in [-0.15, -0.1) is 0 Å². The van der Waals surface area contributed by atoms with Crippen molar-refractivity contribution >= 4 is 15.9 Å². The zero-order valence-electron chi connectivity index (χ0n) is 10.3. The molecule has 0 aliphatic carbocycles. The molecule has 4 nitrogen and oxygen atoms in total. The number of aromatic amines is 1. The van der Waals surface area contributed by atoms with Gasteiger partial charge in [0.1, 0.15) is 16.2 Å². The lowest BCUT2D eigenvalue weighted by molar-refractivity contribution is 0.242. The first-order chi connectivity index (χ1) is 8.60. The number of hydrogen-bond acceptors (Lipinski definition) is 3. The number of imidazole rings is 1. The number of benzene rings is 1. The van der Waals surface area contributed by atoms with Crippen LogP contribution in [-0.2, 0) is 6.61 Å². The molecule has 0 aliphatic rings. The van der Waals surface area contributed by atoms with Crippen molar-refractivity contribution in [1.29, 1.82) is 0 Å². The molecule has 0 amide bonds. The highest BCUT2D eigenvalue weighted by molar-refractivity contribution is 9.10. The highest BCUT2D eigenvalue weighted by Gasteiger charge is 2.08. The molecule has 1 aromatic heterocycles. The summed E-state index contributed by atoms with van der Waals surface area (Å²) >= 11 is 3.29. The quantitative estimate of drug-likeness (QED) is 0.912. The fraction of sp³-hybridized carbons (Fsp3) is 0.308. The molecule has 2 aromatic rings. The zero-order valence-corrected chi connectivity index (χ0v) is 11.9. The van der Waals surface area contributed by atoms with E-state index in [1.54, 1.807) is 0 Å². The summed E-state index contributed by atoms with van der Waals surface area (Å²) in [5.41, 5.74) is 1.62. The SMILES string of the molecule is CC(C)Oc1ccc(-c2nc(Br)c(CO)[nH]2)cc1. The Morgan fingerprint density at radius 1 is 1.33 bits per heavy atom. The van der Waals surface area contributed by atoms with Crippen LogP contribution in [0.4, 0.5) is 0 Å². The second-order valence-corrected chi connectivity index (χ2v) is 4.96. The Labute approximate surface area is 114 Å². The molecule has 0 saturated carbocycles. The number of nitrogens with one attached hydrogen (secondary N) is 1. The number of H-pyrrole nitrogens is 1. The lowest BCUT2D eigenvalue weighted by Gasteiger charge is -2.09. The van der Waals surface area contributed by atoms with Crippen molar-refractivity contribution < 1.29 is 9.84 Å². The smallest absolute Gasteiger partial charge is 0.138 e. The molecule has 96 valence electrons. The van der Waals surface area contributed by atoms with Crippen LogP contribution >= 0.6 is 15.9 Å². The van der Waals surface area contributed by atoms with E-state index in [9.17, 15) is 0 Å². The van der Waals surface area contributed by atoms with Gasteiger partial charge >= 0.3 is 0 Å². The average molecular weight is 311 g/mol. The first-order valence-electron chi connectivity index (χ1n) is 5.72. The molecular formula is C13H15BrN2O2. The number of aliphatic hydroxyl groups is 1. The molecule has 0 fully saturated rings. The van der Waals surface area contributed by atoms with Crippen molar-refractivity contribution in [3.05, 3.63) is 34.6 Å². The van der Waals surface area contributed by atoms with Crippen LogP contribution in [-0.4, -0.2) is 21.2 Å². The molecule has 0 saturated heterocycles. The van der Waals surface area contributed by atoms with E-state index in [1.807, 2.05) is 38.1 Å². The molecule has 0 atom stereocenters. The number of rotatable bonds is 4. The van der Waals surface area contributed by atoms with E-state index in [2.05, 4.69) is 25.9 Å². The summed E-state index contributed by atoms with van der Waals surface area (Å²) in [6.07, 6.45) is 0.162. The van der Waals surface area contributed by atoms with Crippen molar-refractivity contribution in [1.82, 2.24) is 9.97 Å². The Morgan fingerprint density at radius 3 is 2.50 bits per heavy atom. The van der Waals surface area contributed by atoms with Gasteiger partial charge in [-0.05, 0) is 54.0 Å². The maximum Gasteiger partial charge on any atom is 0.138 e. The molecule has 0 bridgehead atoms. The molecule has 1 aromatic carbocycles. The van der Waals surface area contributed by atoms with Crippen LogP contribution in [0.5, 0.6) is 5.75 Å². The van der Waals surface area contributed by atoms with Gasteiger partial charge in [-0.1, -0.05) is 0 Å². The Morgan fingerprint density at radius 2 is 2.00 bits per heavy atom. The third-order valence-corrected chi connectivity index (χ3v) is 3.04. The molecule has 0 aliphatic heterocycles.